The van der Waals surface area contributed by atoms with Gasteiger partial charge in [0.25, 0.3) is 5.91 Å². The van der Waals surface area contributed by atoms with Gasteiger partial charge in [-0.15, -0.1) is 0 Å². The second kappa shape index (κ2) is 9.93. The highest BCUT2D eigenvalue weighted by Crippen LogP contribution is 2.32. The first-order valence-corrected chi connectivity index (χ1v) is 12.4. The van der Waals surface area contributed by atoms with Gasteiger partial charge >= 0.3 is 6.09 Å². The summed E-state index contributed by atoms with van der Waals surface area (Å²) in [7, 11) is 0. The molecule has 3 aromatic heterocycles. The predicted molar refractivity (Wildman–Crippen MR) is 139 cm³/mol. The number of halogens is 1. The number of nitrogens with one attached hydrogen (secondary N) is 1. The molecule has 1 aliphatic heterocycles. The van der Waals surface area contributed by atoms with Crippen LogP contribution in [-0.2, 0) is 4.74 Å². The topological polar surface area (TPSA) is 105 Å². The molecule has 0 unspecified atom stereocenters. The first-order chi connectivity index (χ1) is 16.9. The molecule has 0 spiro atoms. The van der Waals surface area contributed by atoms with Crippen LogP contribution in [0.15, 0.2) is 30.9 Å². The minimum Gasteiger partial charge on any atom is -0.444 e. The number of aromatic nitrogens is 4. The number of anilines is 1. The second-order valence-electron chi connectivity index (χ2n) is 10.2. The molecule has 1 fully saturated rings. The number of amides is 2. The molecule has 192 valence electrons. The van der Waals surface area contributed by atoms with E-state index in [1.165, 1.54) is 6.33 Å². The molecule has 1 aliphatic rings. The molecule has 10 nitrogen and oxygen atoms in total. The highest BCUT2D eigenvalue weighted by atomic mass is 35.5. The van der Waals surface area contributed by atoms with E-state index in [2.05, 4.69) is 25.2 Å². The van der Waals surface area contributed by atoms with E-state index in [4.69, 9.17) is 16.3 Å². The molecule has 3 aromatic rings. The third kappa shape index (κ3) is 5.38. The monoisotopic (exact) mass is 513 g/mol. The van der Waals surface area contributed by atoms with Crippen LogP contribution in [0.2, 0.25) is 5.02 Å². The maximum absolute atomic E-state index is 13.3. The lowest BCUT2D eigenvalue weighted by Crippen LogP contribution is -2.55. The molecular weight excluding hydrogens is 482 g/mol. The van der Waals surface area contributed by atoms with E-state index >= 15 is 0 Å². The fraction of sp³-hybridized carbons (Fsp3) is 0.480. The van der Waals surface area contributed by atoms with Crippen molar-refractivity contribution in [1.29, 1.82) is 0 Å². The Morgan fingerprint density at radius 2 is 1.94 bits per heavy atom. The number of pyridine rings is 1. The van der Waals surface area contributed by atoms with E-state index < -0.39 is 5.60 Å². The quantitative estimate of drug-likeness (QED) is 0.561. The number of hydrogen-bond acceptors (Lipinski definition) is 7. The molecule has 11 heteroatoms. The summed E-state index contributed by atoms with van der Waals surface area (Å²) in [6, 6.07) is 3.28. The van der Waals surface area contributed by atoms with Crippen LogP contribution in [0.3, 0.4) is 0 Å². The fourth-order valence-electron chi connectivity index (χ4n) is 4.24. The van der Waals surface area contributed by atoms with Gasteiger partial charge in [0.2, 0.25) is 0 Å². The van der Waals surface area contributed by atoms with Gasteiger partial charge in [-0.05, 0) is 47.6 Å². The fourth-order valence-corrected chi connectivity index (χ4v) is 4.39. The first kappa shape index (κ1) is 25.7. The minimum absolute atomic E-state index is 0.0513. The van der Waals surface area contributed by atoms with Gasteiger partial charge in [0, 0.05) is 55.2 Å². The van der Waals surface area contributed by atoms with Crippen molar-refractivity contribution in [1.82, 2.24) is 29.7 Å². The lowest BCUT2D eigenvalue weighted by molar-refractivity contribution is 0.0218. The number of carbonyl (C=O) groups is 2. The molecule has 4 heterocycles. The number of ether oxygens (including phenoxy) is 1. The first-order valence-electron chi connectivity index (χ1n) is 12.0. The smallest absolute Gasteiger partial charge is 0.410 e. The predicted octanol–water partition coefficient (Wildman–Crippen LogP) is 4.05. The SMILES string of the molecule is CC(C)NC(=O)c1cn(-c2cc(Cl)ccn2)c2ncnc(N3CCN(C(=O)OC(C)(C)C)C[C@@H]3C)c12. The van der Waals surface area contributed by atoms with Crippen LogP contribution in [-0.4, -0.2) is 73.7 Å². The number of carbonyl (C=O) groups excluding carboxylic acids is 2. The molecule has 36 heavy (non-hydrogen) atoms. The van der Waals surface area contributed by atoms with E-state index in [1.54, 1.807) is 34.0 Å². The van der Waals surface area contributed by atoms with Crippen molar-refractivity contribution < 1.29 is 14.3 Å². The van der Waals surface area contributed by atoms with Crippen LogP contribution in [0, 0.1) is 0 Å². The highest BCUT2D eigenvalue weighted by molar-refractivity contribution is 6.30. The summed E-state index contributed by atoms with van der Waals surface area (Å²) in [6.07, 6.45) is 4.48. The van der Waals surface area contributed by atoms with Crippen molar-refractivity contribution in [2.75, 3.05) is 24.5 Å². The maximum atomic E-state index is 13.3. The largest absolute Gasteiger partial charge is 0.444 e. The van der Waals surface area contributed by atoms with E-state index in [-0.39, 0.29) is 24.1 Å². The summed E-state index contributed by atoms with van der Waals surface area (Å²) in [5.74, 6) is 0.946. The number of fused-ring (bicyclic) bond motifs is 1. The zero-order valence-electron chi connectivity index (χ0n) is 21.4. The summed E-state index contributed by atoms with van der Waals surface area (Å²) >= 11 is 6.22. The Kier molecular flexibility index (Phi) is 7.08. The van der Waals surface area contributed by atoms with Crippen molar-refractivity contribution in [2.24, 2.45) is 0 Å². The number of rotatable bonds is 4. The van der Waals surface area contributed by atoms with Gasteiger partial charge < -0.3 is 19.9 Å². The Morgan fingerprint density at radius 3 is 2.58 bits per heavy atom. The van der Waals surface area contributed by atoms with Gasteiger partial charge in [-0.2, -0.15) is 0 Å². The van der Waals surface area contributed by atoms with Gasteiger partial charge in [-0.1, -0.05) is 11.6 Å². The number of piperazine rings is 1. The minimum atomic E-state index is -0.563. The van der Waals surface area contributed by atoms with E-state index in [0.29, 0.717) is 52.9 Å². The van der Waals surface area contributed by atoms with Crippen LogP contribution >= 0.6 is 11.6 Å². The summed E-state index contributed by atoms with van der Waals surface area (Å²) in [5.41, 5.74) is 0.426. The molecule has 0 aromatic carbocycles. The summed E-state index contributed by atoms with van der Waals surface area (Å²) in [5, 5.41) is 4.11. The normalized spacial score (nSPS) is 16.5. The zero-order valence-corrected chi connectivity index (χ0v) is 22.2. The number of nitrogens with zero attached hydrogens (tertiary/aromatic N) is 6. The van der Waals surface area contributed by atoms with Gasteiger partial charge in [0.15, 0.2) is 5.65 Å². The Morgan fingerprint density at radius 1 is 1.19 bits per heavy atom. The van der Waals surface area contributed by atoms with Crippen LogP contribution in [0.4, 0.5) is 10.6 Å². The Labute approximate surface area is 215 Å². The average molecular weight is 514 g/mol. The molecule has 0 radical (unpaired) electrons. The molecule has 0 bridgehead atoms. The summed E-state index contributed by atoms with van der Waals surface area (Å²) in [4.78, 5) is 43.2. The molecule has 0 saturated carbocycles. The van der Waals surface area contributed by atoms with Crippen LogP contribution in [0.5, 0.6) is 0 Å². The van der Waals surface area contributed by atoms with Crippen molar-refractivity contribution in [3.8, 4) is 5.82 Å². The van der Waals surface area contributed by atoms with Gasteiger partial charge in [0.05, 0.1) is 10.9 Å². The Bertz CT molecular complexity index is 1280. The average Bonchev–Trinajstić information content (AvgIpc) is 3.18. The highest BCUT2D eigenvalue weighted by Gasteiger charge is 2.33. The summed E-state index contributed by atoms with van der Waals surface area (Å²) in [6.45, 7) is 12.9. The number of hydrogen-bond donors (Lipinski definition) is 1. The Balaban J connectivity index is 1.76. The van der Waals surface area contributed by atoms with Crippen molar-refractivity contribution in [3.05, 3.63) is 41.4 Å². The molecule has 1 N–H and O–H groups in total. The Hall–Kier alpha value is -3.40. The molecule has 2 amide bonds. The third-order valence-electron chi connectivity index (χ3n) is 5.73. The van der Waals surface area contributed by atoms with Gasteiger partial charge in [-0.25, -0.2) is 19.7 Å². The maximum Gasteiger partial charge on any atom is 0.410 e. The van der Waals surface area contributed by atoms with Crippen LogP contribution in [0.25, 0.3) is 16.9 Å². The molecule has 0 aliphatic carbocycles. The van der Waals surface area contributed by atoms with Crippen LogP contribution < -0.4 is 10.2 Å². The molecular formula is C25H32ClN7O3. The summed E-state index contributed by atoms with van der Waals surface area (Å²) < 4.78 is 7.31. The molecule has 1 saturated heterocycles. The van der Waals surface area contributed by atoms with E-state index in [0.717, 1.165) is 0 Å². The third-order valence-corrected chi connectivity index (χ3v) is 5.97. The van der Waals surface area contributed by atoms with Crippen molar-refractivity contribution in [3.63, 3.8) is 0 Å². The van der Waals surface area contributed by atoms with Crippen molar-refractivity contribution in [2.45, 2.75) is 59.2 Å². The second-order valence-corrected chi connectivity index (χ2v) is 10.7. The van der Waals surface area contributed by atoms with Crippen LogP contribution in [0.1, 0.15) is 51.9 Å². The standard InChI is InChI=1S/C25H32ClN7O3/c1-15(2)30-23(34)18-13-33(19-11-17(26)7-8-27-19)22-20(18)21(28-14-29-22)32-10-9-31(12-16(32)3)24(35)36-25(4,5)6/h7-8,11,13-16H,9-10,12H2,1-6H3,(H,30,34)/t16-/m0/s1. The van der Waals surface area contributed by atoms with E-state index in [9.17, 15) is 9.59 Å². The lowest BCUT2D eigenvalue weighted by Gasteiger charge is -2.41. The lowest BCUT2D eigenvalue weighted by atomic mass is 10.1. The molecule has 1 atom stereocenters. The van der Waals surface area contributed by atoms with E-state index in [1.807, 2.05) is 41.5 Å². The van der Waals surface area contributed by atoms with Crippen molar-refractivity contribution >= 4 is 40.5 Å². The zero-order chi connectivity index (χ0) is 26.2. The molecule has 4 rings (SSSR count). The van der Waals surface area contributed by atoms with Gasteiger partial charge in [-0.3, -0.25) is 9.36 Å². The van der Waals surface area contributed by atoms with Gasteiger partial charge in [0.1, 0.15) is 23.6 Å².